The number of aryl methyl sites for hydroxylation is 1. The Morgan fingerprint density at radius 1 is 1.05 bits per heavy atom. The van der Waals surface area contributed by atoms with E-state index in [0.717, 1.165) is 35.2 Å². The Labute approximate surface area is 223 Å². The lowest BCUT2D eigenvalue weighted by atomic mass is 9.83. The molecule has 2 heterocycles. The number of nitrogens with zero attached hydrogens (tertiary/aromatic N) is 2. The summed E-state index contributed by atoms with van der Waals surface area (Å²) in [5.41, 5.74) is 6.38. The van der Waals surface area contributed by atoms with Crippen LogP contribution in [0, 0.1) is 0 Å². The van der Waals surface area contributed by atoms with E-state index in [0.29, 0.717) is 27.4 Å². The molecule has 0 unspecified atom stereocenters. The number of rotatable bonds is 5. The van der Waals surface area contributed by atoms with Crippen molar-refractivity contribution >= 4 is 29.1 Å². The van der Waals surface area contributed by atoms with Crippen LogP contribution in [0.25, 0.3) is 11.8 Å². The van der Waals surface area contributed by atoms with Gasteiger partial charge in [-0.3, -0.25) is 14.2 Å². The van der Waals surface area contributed by atoms with Crippen LogP contribution in [0.5, 0.6) is 11.5 Å². The first-order valence-electron chi connectivity index (χ1n) is 12.7. The van der Waals surface area contributed by atoms with Crippen molar-refractivity contribution in [3.8, 4) is 11.5 Å². The second kappa shape index (κ2) is 9.91. The van der Waals surface area contributed by atoms with E-state index < -0.39 is 5.97 Å². The van der Waals surface area contributed by atoms with Gasteiger partial charge in [0, 0.05) is 12.5 Å². The van der Waals surface area contributed by atoms with Crippen LogP contribution in [0.4, 0.5) is 0 Å². The summed E-state index contributed by atoms with van der Waals surface area (Å²) in [6, 6.07) is 23.7. The van der Waals surface area contributed by atoms with Crippen molar-refractivity contribution in [2.75, 3.05) is 6.61 Å². The van der Waals surface area contributed by atoms with Gasteiger partial charge >= 0.3 is 5.97 Å². The summed E-state index contributed by atoms with van der Waals surface area (Å²) in [7, 11) is 0. The fourth-order valence-electron chi connectivity index (χ4n) is 5.23. The van der Waals surface area contributed by atoms with Crippen molar-refractivity contribution in [2.24, 2.45) is 4.99 Å². The minimum absolute atomic E-state index is 0.0740. The molecule has 190 valence electrons. The third-order valence-electron chi connectivity index (χ3n) is 6.81. The monoisotopic (exact) mass is 522 g/mol. The topological polar surface area (TPSA) is 69.9 Å². The van der Waals surface area contributed by atoms with Gasteiger partial charge in [0.2, 0.25) is 0 Å². The minimum atomic E-state index is -0.418. The molecule has 0 spiro atoms. The number of thiazole rings is 1. The SMILES string of the molecule is CCOc1cc(/C=c2\sc3n(c2=O)[C@H](c2ccccc2)C2=C(N=3)c3ccccc3CC2)ccc1OC(C)=O. The highest BCUT2D eigenvalue weighted by atomic mass is 32.1. The van der Waals surface area contributed by atoms with Gasteiger partial charge < -0.3 is 9.47 Å². The summed E-state index contributed by atoms with van der Waals surface area (Å²) in [5, 5.41) is 0. The van der Waals surface area contributed by atoms with Gasteiger partial charge in [0.05, 0.1) is 22.9 Å². The molecule has 1 aromatic heterocycles. The number of hydrogen-bond acceptors (Lipinski definition) is 6. The molecule has 4 aromatic rings. The van der Waals surface area contributed by atoms with Crippen molar-refractivity contribution in [1.29, 1.82) is 0 Å². The Morgan fingerprint density at radius 3 is 2.63 bits per heavy atom. The number of aromatic nitrogens is 1. The first-order valence-corrected chi connectivity index (χ1v) is 13.5. The Balaban J connectivity index is 1.53. The number of carbonyl (C=O) groups excluding carboxylic acids is 1. The van der Waals surface area contributed by atoms with Crippen molar-refractivity contribution in [2.45, 2.75) is 32.7 Å². The van der Waals surface area contributed by atoms with Gasteiger partial charge in [-0.25, -0.2) is 4.99 Å². The summed E-state index contributed by atoms with van der Waals surface area (Å²) in [6.07, 6.45) is 3.63. The Morgan fingerprint density at radius 2 is 1.84 bits per heavy atom. The highest BCUT2D eigenvalue weighted by Crippen LogP contribution is 2.41. The average Bonchev–Trinajstić information content (AvgIpc) is 3.23. The molecule has 3 aromatic carbocycles. The maximum Gasteiger partial charge on any atom is 0.308 e. The number of allylic oxidation sites excluding steroid dienone is 1. The molecule has 0 radical (unpaired) electrons. The van der Waals surface area contributed by atoms with E-state index in [1.807, 2.05) is 47.9 Å². The molecule has 0 bridgehead atoms. The molecule has 1 aliphatic carbocycles. The molecule has 0 saturated heterocycles. The number of hydrogen-bond donors (Lipinski definition) is 0. The number of benzene rings is 3. The van der Waals surface area contributed by atoms with Crippen molar-refractivity contribution in [1.82, 2.24) is 4.57 Å². The first kappa shape index (κ1) is 24.1. The van der Waals surface area contributed by atoms with Gasteiger partial charge in [0.25, 0.3) is 5.56 Å². The van der Waals surface area contributed by atoms with E-state index >= 15 is 0 Å². The molecule has 7 heteroatoms. The van der Waals surface area contributed by atoms with Crippen LogP contribution in [-0.2, 0) is 11.2 Å². The van der Waals surface area contributed by atoms with Gasteiger partial charge in [0.15, 0.2) is 16.3 Å². The fourth-order valence-corrected chi connectivity index (χ4v) is 6.23. The second-order valence-corrected chi connectivity index (χ2v) is 10.3. The number of esters is 1. The van der Waals surface area contributed by atoms with E-state index in [1.165, 1.54) is 29.4 Å². The average molecular weight is 523 g/mol. The first-order chi connectivity index (χ1) is 18.5. The van der Waals surface area contributed by atoms with Crippen LogP contribution in [0.1, 0.15) is 48.6 Å². The van der Waals surface area contributed by atoms with Gasteiger partial charge in [-0.1, -0.05) is 72.0 Å². The molecule has 0 saturated carbocycles. The molecule has 0 fully saturated rings. The van der Waals surface area contributed by atoms with E-state index in [9.17, 15) is 9.59 Å². The largest absolute Gasteiger partial charge is 0.490 e. The van der Waals surface area contributed by atoms with E-state index in [4.69, 9.17) is 14.5 Å². The molecule has 0 amide bonds. The van der Waals surface area contributed by atoms with Crippen molar-refractivity contribution in [3.05, 3.63) is 120 Å². The molecule has 6 nitrogen and oxygen atoms in total. The predicted molar refractivity (Wildman–Crippen MR) is 148 cm³/mol. The maximum absolute atomic E-state index is 13.9. The highest BCUT2D eigenvalue weighted by molar-refractivity contribution is 7.07. The van der Waals surface area contributed by atoms with Gasteiger partial charge in [-0.15, -0.1) is 0 Å². The molecule has 2 aliphatic rings. The molecular weight excluding hydrogens is 496 g/mol. The molecule has 0 N–H and O–H groups in total. The Bertz CT molecular complexity index is 1770. The summed E-state index contributed by atoms with van der Waals surface area (Å²) in [4.78, 5) is 31.1. The second-order valence-electron chi connectivity index (χ2n) is 9.26. The Hall–Kier alpha value is -4.23. The third-order valence-corrected chi connectivity index (χ3v) is 7.79. The van der Waals surface area contributed by atoms with Crippen molar-refractivity contribution in [3.63, 3.8) is 0 Å². The van der Waals surface area contributed by atoms with Crippen LogP contribution >= 0.6 is 11.3 Å². The summed E-state index contributed by atoms with van der Waals surface area (Å²) in [5.74, 6) is 0.394. The van der Waals surface area contributed by atoms with Crippen LogP contribution in [0.15, 0.2) is 88.2 Å². The van der Waals surface area contributed by atoms with Gasteiger partial charge in [-0.2, -0.15) is 0 Å². The van der Waals surface area contributed by atoms with Crippen LogP contribution < -0.4 is 24.4 Å². The lowest BCUT2D eigenvalue weighted by molar-refractivity contribution is -0.132. The normalized spacial score (nSPS) is 16.3. The maximum atomic E-state index is 13.9. The van der Waals surface area contributed by atoms with Crippen LogP contribution in [0.2, 0.25) is 0 Å². The molecule has 6 rings (SSSR count). The summed E-state index contributed by atoms with van der Waals surface area (Å²) >= 11 is 1.39. The third kappa shape index (κ3) is 4.29. The number of ether oxygens (including phenoxy) is 2. The standard InChI is InChI=1S/C31H26N2O4S/c1-3-36-26-17-20(13-16-25(26)37-19(2)34)18-27-30(35)33-29(22-10-5-4-6-11-22)24-15-14-21-9-7-8-12-23(21)28(24)32-31(33)38-27/h4-13,16-18,29H,3,14-15H2,1-2H3/b27-18-/t29-/m1/s1. The molecule has 38 heavy (non-hydrogen) atoms. The van der Waals surface area contributed by atoms with E-state index in [-0.39, 0.29) is 11.6 Å². The smallest absolute Gasteiger partial charge is 0.308 e. The van der Waals surface area contributed by atoms with E-state index in [1.54, 1.807) is 12.1 Å². The summed E-state index contributed by atoms with van der Waals surface area (Å²) < 4.78 is 13.4. The quantitative estimate of drug-likeness (QED) is 0.283. The highest BCUT2D eigenvalue weighted by Gasteiger charge is 2.32. The minimum Gasteiger partial charge on any atom is -0.490 e. The molecule has 1 atom stereocenters. The zero-order valence-electron chi connectivity index (χ0n) is 21.1. The number of fused-ring (bicyclic) bond motifs is 3. The van der Waals surface area contributed by atoms with Crippen molar-refractivity contribution < 1.29 is 14.3 Å². The van der Waals surface area contributed by atoms with Crippen LogP contribution in [0.3, 0.4) is 0 Å². The zero-order valence-corrected chi connectivity index (χ0v) is 22.0. The lowest BCUT2D eigenvalue weighted by Crippen LogP contribution is -2.38. The fraction of sp³-hybridized carbons (Fsp3) is 0.194. The molecular formula is C31H26N2O4S. The van der Waals surface area contributed by atoms with E-state index in [2.05, 4.69) is 30.3 Å². The lowest BCUT2D eigenvalue weighted by Gasteiger charge is -2.30. The van der Waals surface area contributed by atoms with Gasteiger partial charge in [0.1, 0.15) is 0 Å². The Kier molecular flexibility index (Phi) is 6.29. The van der Waals surface area contributed by atoms with Crippen LogP contribution in [-0.4, -0.2) is 17.1 Å². The predicted octanol–water partition coefficient (Wildman–Crippen LogP) is 4.64. The summed E-state index contributed by atoms with van der Waals surface area (Å²) in [6.45, 7) is 3.64. The molecule has 1 aliphatic heterocycles. The zero-order chi connectivity index (χ0) is 26.2. The van der Waals surface area contributed by atoms with Gasteiger partial charge in [-0.05, 0) is 60.2 Å². The number of carbonyl (C=O) groups is 1.